The van der Waals surface area contributed by atoms with Crippen LogP contribution in [-0.2, 0) is 19.5 Å². The quantitative estimate of drug-likeness (QED) is 0.535. The summed E-state index contributed by atoms with van der Waals surface area (Å²) in [4.78, 5) is 19.0. The Morgan fingerprint density at radius 2 is 1.63 bits per heavy atom. The smallest absolute Gasteiger partial charge is 0.415 e. The highest BCUT2D eigenvalue weighted by molar-refractivity contribution is 5.72. The molecule has 0 aromatic heterocycles. The van der Waals surface area contributed by atoms with Crippen LogP contribution in [0.3, 0.4) is 0 Å². The van der Waals surface area contributed by atoms with Gasteiger partial charge in [0, 0.05) is 45.8 Å². The van der Waals surface area contributed by atoms with Gasteiger partial charge in [-0.3, -0.25) is 4.90 Å². The molecule has 3 aromatic rings. The molecule has 2 aliphatic rings. The van der Waals surface area contributed by atoms with E-state index in [-0.39, 0.29) is 11.9 Å². The lowest BCUT2D eigenvalue weighted by Gasteiger charge is -2.36. The first-order valence-electron chi connectivity index (χ1n) is 12.0. The zero-order valence-corrected chi connectivity index (χ0v) is 20.0. The summed E-state index contributed by atoms with van der Waals surface area (Å²) in [6.45, 7) is 5.15. The predicted octanol–water partition coefficient (Wildman–Crippen LogP) is 4.71. The van der Waals surface area contributed by atoms with Gasteiger partial charge in [0.25, 0.3) is 0 Å². The van der Waals surface area contributed by atoms with Crippen LogP contribution >= 0.6 is 0 Å². The molecule has 1 amide bonds. The Hall–Kier alpha value is -3.58. The molecule has 0 bridgehead atoms. The minimum Gasteiger partial charge on any atom is -0.493 e. The Morgan fingerprint density at radius 3 is 2.40 bits per heavy atom. The first-order chi connectivity index (χ1) is 17.1. The monoisotopic (exact) mass is 475 g/mol. The van der Waals surface area contributed by atoms with Crippen molar-refractivity contribution in [2.45, 2.75) is 19.5 Å². The fourth-order valence-corrected chi connectivity index (χ4v) is 4.82. The summed E-state index contributed by atoms with van der Waals surface area (Å²) in [5.74, 6) is 0.785. The van der Waals surface area contributed by atoms with Crippen molar-refractivity contribution in [1.82, 2.24) is 9.80 Å². The third-order valence-electron chi connectivity index (χ3n) is 6.79. The van der Waals surface area contributed by atoms with Crippen molar-refractivity contribution in [3.8, 4) is 11.5 Å². The number of ether oxygens (including phenoxy) is 2. The Morgan fingerprint density at radius 1 is 0.886 bits per heavy atom. The van der Waals surface area contributed by atoms with E-state index in [4.69, 9.17) is 9.47 Å². The number of carbonyl (C=O) groups excluding carboxylic acids is 1. The maximum Gasteiger partial charge on any atom is 0.415 e. The van der Waals surface area contributed by atoms with Crippen LogP contribution in [-0.4, -0.2) is 55.7 Å². The average molecular weight is 476 g/mol. The van der Waals surface area contributed by atoms with Crippen molar-refractivity contribution in [2.24, 2.45) is 0 Å². The summed E-state index contributed by atoms with van der Waals surface area (Å²) in [6.07, 6.45) is 0.459. The molecule has 0 unspecified atom stereocenters. The van der Waals surface area contributed by atoms with E-state index >= 15 is 0 Å². The van der Waals surface area contributed by atoms with Crippen molar-refractivity contribution >= 4 is 11.8 Å². The summed E-state index contributed by atoms with van der Waals surface area (Å²) >= 11 is 0. The van der Waals surface area contributed by atoms with E-state index in [9.17, 15) is 9.18 Å². The van der Waals surface area contributed by atoms with E-state index in [0.29, 0.717) is 30.3 Å². The molecular weight excluding hydrogens is 445 g/mol. The number of rotatable bonds is 5. The van der Waals surface area contributed by atoms with E-state index in [1.165, 1.54) is 11.6 Å². The molecule has 0 N–H and O–H groups in total. The van der Waals surface area contributed by atoms with Gasteiger partial charge in [-0.1, -0.05) is 42.5 Å². The van der Waals surface area contributed by atoms with E-state index in [0.717, 1.165) is 50.3 Å². The summed E-state index contributed by atoms with van der Waals surface area (Å²) in [7, 11) is 1.58. The Labute approximate surface area is 205 Å². The second kappa shape index (κ2) is 10.4. The van der Waals surface area contributed by atoms with Crippen LogP contribution < -0.4 is 14.4 Å². The zero-order chi connectivity index (χ0) is 24.2. The van der Waals surface area contributed by atoms with Gasteiger partial charge < -0.3 is 19.3 Å². The number of amides is 1. The molecule has 6 nitrogen and oxygen atoms in total. The van der Waals surface area contributed by atoms with Crippen molar-refractivity contribution in [3.63, 3.8) is 0 Å². The molecule has 0 radical (unpaired) electrons. The molecule has 35 heavy (non-hydrogen) atoms. The maximum atomic E-state index is 14.1. The Balaban J connectivity index is 1.18. The zero-order valence-electron chi connectivity index (χ0n) is 20.0. The summed E-state index contributed by atoms with van der Waals surface area (Å²) in [5.41, 5.74) is 4.19. The van der Waals surface area contributed by atoms with Gasteiger partial charge in [0.1, 0.15) is 5.82 Å². The number of hydrogen-bond donors (Lipinski definition) is 0. The van der Waals surface area contributed by atoms with Crippen LogP contribution in [0.5, 0.6) is 11.5 Å². The standard InChI is InChI=1S/C28H30FN3O3/c1-34-27-18-21(19-30-14-16-31(17-15-30)25-9-5-4-8-24(25)29)10-11-26(27)35-28(33)32-13-12-22-6-2-3-7-23(22)20-32/h2-11,18H,12-17,19-20H2,1H3. The van der Waals surface area contributed by atoms with Gasteiger partial charge in [-0.2, -0.15) is 0 Å². The lowest BCUT2D eigenvalue weighted by atomic mass is 10.0. The van der Waals surface area contributed by atoms with Crippen LogP contribution in [0.25, 0.3) is 0 Å². The fraction of sp³-hybridized carbons (Fsp3) is 0.321. The van der Waals surface area contributed by atoms with Crippen molar-refractivity contribution in [1.29, 1.82) is 0 Å². The molecule has 2 heterocycles. The number of fused-ring (bicyclic) bond motifs is 1. The minimum absolute atomic E-state index is 0.176. The molecule has 0 spiro atoms. The highest BCUT2D eigenvalue weighted by atomic mass is 19.1. The predicted molar refractivity (Wildman–Crippen MR) is 133 cm³/mol. The first kappa shape index (κ1) is 23.2. The highest BCUT2D eigenvalue weighted by Crippen LogP contribution is 2.30. The minimum atomic E-state index is -0.366. The van der Waals surface area contributed by atoms with Gasteiger partial charge in [-0.25, -0.2) is 9.18 Å². The third kappa shape index (κ3) is 5.25. The number of para-hydroxylation sites is 1. The SMILES string of the molecule is COc1cc(CN2CCN(c3ccccc3F)CC2)ccc1OC(=O)N1CCc2ccccc2C1. The van der Waals surface area contributed by atoms with Gasteiger partial charge in [-0.05, 0) is 47.4 Å². The number of methoxy groups -OCH3 is 1. The molecule has 0 saturated carbocycles. The molecule has 7 heteroatoms. The lowest BCUT2D eigenvalue weighted by Crippen LogP contribution is -2.46. The molecule has 1 fully saturated rings. The topological polar surface area (TPSA) is 45.3 Å². The van der Waals surface area contributed by atoms with Crippen LogP contribution in [0.1, 0.15) is 16.7 Å². The summed E-state index contributed by atoms with van der Waals surface area (Å²) in [5, 5.41) is 0. The van der Waals surface area contributed by atoms with Crippen molar-refractivity contribution in [3.05, 3.63) is 89.2 Å². The second-order valence-corrected chi connectivity index (χ2v) is 9.01. The lowest BCUT2D eigenvalue weighted by molar-refractivity contribution is 0.145. The van der Waals surface area contributed by atoms with Crippen LogP contribution in [0.15, 0.2) is 66.7 Å². The van der Waals surface area contributed by atoms with Crippen molar-refractivity contribution < 1.29 is 18.7 Å². The normalized spacial score (nSPS) is 16.1. The number of nitrogens with zero attached hydrogens (tertiary/aromatic N) is 3. The summed E-state index contributed by atoms with van der Waals surface area (Å²) < 4.78 is 25.4. The fourth-order valence-electron chi connectivity index (χ4n) is 4.82. The number of benzene rings is 3. The van der Waals surface area contributed by atoms with E-state index in [1.54, 1.807) is 24.1 Å². The molecule has 182 valence electrons. The molecule has 1 saturated heterocycles. The average Bonchev–Trinajstić information content (AvgIpc) is 2.90. The number of halogens is 1. The molecular formula is C28H30FN3O3. The van der Waals surface area contributed by atoms with E-state index in [1.807, 2.05) is 36.4 Å². The second-order valence-electron chi connectivity index (χ2n) is 9.01. The third-order valence-corrected chi connectivity index (χ3v) is 6.79. The molecule has 3 aromatic carbocycles. The molecule has 0 aliphatic carbocycles. The Kier molecular flexibility index (Phi) is 6.86. The van der Waals surface area contributed by atoms with Crippen LogP contribution in [0.2, 0.25) is 0 Å². The van der Waals surface area contributed by atoms with Crippen molar-refractivity contribution in [2.75, 3.05) is 44.7 Å². The van der Waals surface area contributed by atoms with Crippen LogP contribution in [0, 0.1) is 5.82 Å². The van der Waals surface area contributed by atoms with Gasteiger partial charge >= 0.3 is 6.09 Å². The number of anilines is 1. The highest BCUT2D eigenvalue weighted by Gasteiger charge is 2.24. The molecule has 5 rings (SSSR count). The Bertz CT molecular complexity index is 1190. The number of carbonyl (C=O) groups is 1. The molecule has 2 aliphatic heterocycles. The maximum absolute atomic E-state index is 14.1. The van der Waals surface area contributed by atoms with Gasteiger partial charge in [0.15, 0.2) is 11.5 Å². The van der Waals surface area contributed by atoms with Gasteiger partial charge in [-0.15, -0.1) is 0 Å². The van der Waals surface area contributed by atoms with Gasteiger partial charge in [0.05, 0.1) is 12.8 Å². The number of piperazine rings is 1. The van der Waals surface area contributed by atoms with E-state index < -0.39 is 0 Å². The summed E-state index contributed by atoms with van der Waals surface area (Å²) in [6, 6.07) is 20.8. The number of hydrogen-bond acceptors (Lipinski definition) is 5. The largest absolute Gasteiger partial charge is 0.493 e. The van der Waals surface area contributed by atoms with E-state index in [2.05, 4.69) is 21.9 Å². The van der Waals surface area contributed by atoms with Gasteiger partial charge in [0.2, 0.25) is 0 Å². The molecule has 0 atom stereocenters. The first-order valence-corrected chi connectivity index (χ1v) is 12.0. The van der Waals surface area contributed by atoms with Crippen LogP contribution in [0.4, 0.5) is 14.9 Å².